The molecule has 0 aliphatic heterocycles. The van der Waals surface area contributed by atoms with Gasteiger partial charge in [-0.3, -0.25) is 4.79 Å². The Bertz CT molecular complexity index is 189. The second-order valence-electron chi connectivity index (χ2n) is 2.33. The molecule has 0 aromatic heterocycles. The zero-order chi connectivity index (χ0) is 9.72. The fourth-order valence-electron chi connectivity index (χ4n) is 0.621. The SMILES string of the molecule is CC(O)C(NC(=O)CN)C(=O)O.Cl.Cl. The van der Waals surface area contributed by atoms with Crippen LogP contribution in [0.25, 0.3) is 0 Å². The third-order valence-electron chi connectivity index (χ3n) is 1.25. The monoisotopic (exact) mass is 248 g/mol. The van der Waals surface area contributed by atoms with E-state index in [0.717, 1.165) is 0 Å². The van der Waals surface area contributed by atoms with Crippen molar-refractivity contribution < 1.29 is 19.8 Å². The average molecular weight is 249 g/mol. The summed E-state index contributed by atoms with van der Waals surface area (Å²) in [6.45, 7) is 0.978. The fourth-order valence-corrected chi connectivity index (χ4v) is 0.621. The van der Waals surface area contributed by atoms with E-state index in [0.29, 0.717) is 0 Å². The topological polar surface area (TPSA) is 113 Å². The van der Waals surface area contributed by atoms with Crippen molar-refractivity contribution in [1.82, 2.24) is 5.32 Å². The molecule has 0 aliphatic carbocycles. The molecular weight excluding hydrogens is 235 g/mol. The highest BCUT2D eigenvalue weighted by Crippen LogP contribution is 1.91. The number of carboxylic acids is 1. The Morgan fingerprint density at radius 1 is 1.43 bits per heavy atom. The first-order chi connectivity index (χ1) is 5.49. The quantitative estimate of drug-likeness (QED) is 0.496. The van der Waals surface area contributed by atoms with E-state index in [1.165, 1.54) is 6.92 Å². The van der Waals surface area contributed by atoms with Crippen molar-refractivity contribution in [3.8, 4) is 0 Å². The number of aliphatic hydroxyl groups is 1. The highest BCUT2D eigenvalue weighted by Gasteiger charge is 2.23. The Hall–Kier alpha value is -0.560. The molecule has 6 nitrogen and oxygen atoms in total. The lowest BCUT2D eigenvalue weighted by molar-refractivity contribution is -0.144. The third kappa shape index (κ3) is 6.90. The molecule has 14 heavy (non-hydrogen) atoms. The minimum atomic E-state index is -1.29. The molecule has 8 heteroatoms. The van der Waals surface area contributed by atoms with Crippen molar-refractivity contribution in [2.45, 2.75) is 19.1 Å². The van der Waals surface area contributed by atoms with Crippen molar-refractivity contribution in [3.05, 3.63) is 0 Å². The third-order valence-corrected chi connectivity index (χ3v) is 1.25. The summed E-state index contributed by atoms with van der Waals surface area (Å²) in [6.07, 6.45) is -1.14. The molecule has 0 saturated heterocycles. The van der Waals surface area contributed by atoms with Gasteiger partial charge in [0.25, 0.3) is 0 Å². The number of nitrogens with two attached hydrogens (primary N) is 1. The van der Waals surface area contributed by atoms with Gasteiger partial charge in [0.1, 0.15) is 0 Å². The summed E-state index contributed by atoms with van der Waals surface area (Å²) in [7, 11) is 0. The number of carboxylic acid groups (broad SMARTS) is 1. The predicted octanol–water partition coefficient (Wildman–Crippen LogP) is -1.26. The lowest BCUT2D eigenvalue weighted by Gasteiger charge is -2.15. The van der Waals surface area contributed by atoms with Crippen LogP contribution in [-0.4, -0.2) is 40.8 Å². The number of hydrogen-bond acceptors (Lipinski definition) is 4. The molecule has 0 spiro atoms. The summed E-state index contributed by atoms with van der Waals surface area (Å²) in [5.74, 6) is -1.89. The van der Waals surface area contributed by atoms with Gasteiger partial charge in [-0.2, -0.15) is 0 Å². The van der Waals surface area contributed by atoms with Crippen molar-refractivity contribution in [2.75, 3.05) is 6.54 Å². The molecule has 0 aliphatic rings. The van der Waals surface area contributed by atoms with E-state index in [1.807, 2.05) is 0 Å². The zero-order valence-corrected chi connectivity index (χ0v) is 9.10. The standard InChI is InChI=1S/C6H12N2O4.2ClH/c1-3(9)5(6(11)12)8-4(10)2-7;;/h3,5,9H,2,7H2,1H3,(H,8,10)(H,11,12);2*1H. The van der Waals surface area contributed by atoms with Crippen LogP contribution >= 0.6 is 24.8 Å². The first-order valence-electron chi connectivity index (χ1n) is 3.39. The Balaban J connectivity index is -0.000000605. The number of amides is 1. The molecule has 2 unspecified atom stereocenters. The molecule has 0 saturated carbocycles. The van der Waals surface area contributed by atoms with Crippen molar-refractivity contribution in [2.24, 2.45) is 5.73 Å². The molecule has 5 N–H and O–H groups in total. The maximum Gasteiger partial charge on any atom is 0.328 e. The van der Waals surface area contributed by atoms with Gasteiger partial charge in [-0.25, -0.2) is 4.79 Å². The number of halogens is 2. The lowest BCUT2D eigenvalue weighted by atomic mass is 10.2. The maximum atomic E-state index is 10.6. The van der Waals surface area contributed by atoms with Gasteiger partial charge in [0.05, 0.1) is 12.6 Å². The Morgan fingerprint density at radius 2 is 1.86 bits per heavy atom. The Morgan fingerprint density at radius 3 is 2.07 bits per heavy atom. The van der Waals surface area contributed by atoms with E-state index in [1.54, 1.807) is 0 Å². The van der Waals surface area contributed by atoms with Gasteiger partial charge >= 0.3 is 5.97 Å². The molecule has 0 radical (unpaired) electrons. The van der Waals surface area contributed by atoms with Crippen LogP contribution in [0.2, 0.25) is 0 Å². The molecule has 86 valence electrons. The van der Waals surface area contributed by atoms with Crippen LogP contribution in [0.3, 0.4) is 0 Å². The van der Waals surface area contributed by atoms with Crippen LogP contribution in [0, 0.1) is 0 Å². The second kappa shape index (κ2) is 9.01. The van der Waals surface area contributed by atoms with E-state index in [2.05, 4.69) is 5.32 Å². The molecule has 1 amide bonds. The Labute approximate surface area is 93.7 Å². The lowest BCUT2D eigenvalue weighted by Crippen LogP contribution is -2.49. The summed E-state index contributed by atoms with van der Waals surface area (Å²) in [4.78, 5) is 21.0. The molecule has 0 heterocycles. The number of aliphatic hydroxyl groups excluding tert-OH is 1. The molecule has 0 fully saturated rings. The van der Waals surface area contributed by atoms with Crippen molar-refractivity contribution in [1.29, 1.82) is 0 Å². The molecular formula is C6H14Cl2N2O4. The summed E-state index contributed by atoms with van der Waals surface area (Å²) in [6, 6.07) is -1.29. The number of rotatable bonds is 4. The summed E-state index contributed by atoms with van der Waals surface area (Å²) in [5.41, 5.74) is 4.93. The molecule has 0 aromatic carbocycles. The van der Waals surface area contributed by atoms with Crippen LogP contribution in [-0.2, 0) is 9.59 Å². The van der Waals surface area contributed by atoms with Gasteiger partial charge in [0, 0.05) is 0 Å². The highest BCUT2D eigenvalue weighted by atomic mass is 35.5. The first kappa shape index (κ1) is 19.1. The van der Waals surface area contributed by atoms with Crippen LogP contribution in [0.5, 0.6) is 0 Å². The van der Waals surface area contributed by atoms with Gasteiger partial charge in [-0.1, -0.05) is 0 Å². The number of nitrogens with one attached hydrogen (secondary N) is 1. The van der Waals surface area contributed by atoms with Gasteiger partial charge in [-0.05, 0) is 6.92 Å². The largest absolute Gasteiger partial charge is 0.480 e. The number of carbonyl (C=O) groups excluding carboxylic acids is 1. The minimum Gasteiger partial charge on any atom is -0.480 e. The van der Waals surface area contributed by atoms with Crippen LogP contribution in [0.4, 0.5) is 0 Å². The van der Waals surface area contributed by atoms with Gasteiger partial charge in [0.2, 0.25) is 5.91 Å². The van der Waals surface area contributed by atoms with E-state index in [9.17, 15) is 9.59 Å². The summed E-state index contributed by atoms with van der Waals surface area (Å²) >= 11 is 0. The smallest absolute Gasteiger partial charge is 0.328 e. The molecule has 0 bridgehead atoms. The number of hydrogen-bond donors (Lipinski definition) is 4. The van der Waals surface area contributed by atoms with Gasteiger partial charge in [0.15, 0.2) is 6.04 Å². The number of aliphatic carboxylic acids is 1. The fraction of sp³-hybridized carbons (Fsp3) is 0.667. The summed E-state index contributed by atoms with van der Waals surface area (Å²) in [5, 5.41) is 19.4. The molecule has 0 rings (SSSR count). The first-order valence-corrected chi connectivity index (χ1v) is 3.39. The van der Waals surface area contributed by atoms with Crippen LogP contribution in [0.1, 0.15) is 6.92 Å². The predicted molar refractivity (Wildman–Crippen MR) is 54.8 cm³/mol. The molecule has 2 atom stereocenters. The summed E-state index contributed by atoms with van der Waals surface area (Å²) < 4.78 is 0. The van der Waals surface area contributed by atoms with E-state index in [4.69, 9.17) is 15.9 Å². The normalized spacial score (nSPS) is 12.8. The van der Waals surface area contributed by atoms with Crippen molar-refractivity contribution >= 4 is 36.7 Å². The molecule has 0 aromatic rings. The highest BCUT2D eigenvalue weighted by molar-refractivity contribution is 5.86. The van der Waals surface area contributed by atoms with E-state index >= 15 is 0 Å². The van der Waals surface area contributed by atoms with Gasteiger partial charge in [-0.15, -0.1) is 24.8 Å². The number of carbonyl (C=O) groups is 2. The van der Waals surface area contributed by atoms with Crippen LogP contribution in [0.15, 0.2) is 0 Å². The average Bonchev–Trinajstić information content (AvgIpc) is 1.98. The van der Waals surface area contributed by atoms with E-state index in [-0.39, 0.29) is 31.4 Å². The zero-order valence-electron chi connectivity index (χ0n) is 7.47. The van der Waals surface area contributed by atoms with E-state index < -0.39 is 24.0 Å². The van der Waals surface area contributed by atoms with Crippen molar-refractivity contribution in [3.63, 3.8) is 0 Å². The maximum absolute atomic E-state index is 10.6. The van der Waals surface area contributed by atoms with Gasteiger partial charge < -0.3 is 21.3 Å². The van der Waals surface area contributed by atoms with Crippen LogP contribution < -0.4 is 11.1 Å². The minimum absolute atomic E-state index is 0. The Kier molecular flexibility index (Phi) is 12.3. The second-order valence-corrected chi connectivity index (χ2v) is 2.33.